The van der Waals surface area contributed by atoms with Gasteiger partial charge in [-0.3, -0.25) is 9.59 Å². The molecule has 0 N–H and O–H groups in total. The summed E-state index contributed by atoms with van der Waals surface area (Å²) in [7, 11) is 0. The van der Waals surface area contributed by atoms with E-state index in [1.807, 2.05) is 17.0 Å². The van der Waals surface area contributed by atoms with Gasteiger partial charge in [0.15, 0.2) is 0 Å². The smallest absolute Gasteiger partial charge is 0.227 e. The van der Waals surface area contributed by atoms with E-state index in [1.54, 1.807) is 0 Å². The first kappa shape index (κ1) is 22.8. The summed E-state index contributed by atoms with van der Waals surface area (Å²) in [6.45, 7) is 8.74. The van der Waals surface area contributed by atoms with Crippen LogP contribution in [0.2, 0.25) is 0 Å². The fraction of sp³-hybridized carbons (Fsp3) is 0.692. The van der Waals surface area contributed by atoms with Gasteiger partial charge in [0, 0.05) is 36.7 Å². The molecule has 2 heterocycles. The highest BCUT2D eigenvalue weighted by Crippen LogP contribution is 2.35. The van der Waals surface area contributed by atoms with E-state index in [-0.39, 0.29) is 5.91 Å². The third kappa shape index (κ3) is 4.90. The van der Waals surface area contributed by atoms with E-state index in [4.69, 9.17) is 0 Å². The lowest BCUT2D eigenvalue weighted by Gasteiger charge is -2.40. The molecule has 4 rings (SSSR count). The Morgan fingerprint density at radius 1 is 0.867 bits per heavy atom. The predicted octanol–water partition coefficient (Wildman–Crippen LogP) is 5.73. The number of hydrogen-bond donors (Lipinski definition) is 0. The number of carbonyl (C=O) groups excluding carboxylic acids is 2. The Bertz CT molecular complexity index is 731. The number of nitrogens with zero attached hydrogens (tertiary/aromatic N) is 2. The van der Waals surface area contributed by atoms with Crippen LogP contribution in [-0.2, 0) is 16.0 Å². The third-order valence-corrected chi connectivity index (χ3v) is 7.41. The fourth-order valence-corrected chi connectivity index (χ4v) is 5.63. The Hall–Kier alpha value is -1.84. The molecule has 2 aliphatic heterocycles. The molecule has 1 saturated carbocycles. The summed E-state index contributed by atoms with van der Waals surface area (Å²) < 4.78 is 0. The van der Waals surface area contributed by atoms with E-state index < -0.39 is 0 Å². The van der Waals surface area contributed by atoms with Crippen LogP contribution in [0.15, 0.2) is 24.3 Å². The predicted molar refractivity (Wildman–Crippen MR) is 124 cm³/mol. The quantitative estimate of drug-likeness (QED) is 0.633. The number of benzene rings is 1. The molecule has 30 heavy (non-hydrogen) atoms. The summed E-state index contributed by atoms with van der Waals surface area (Å²) >= 11 is 0. The second-order valence-corrected chi connectivity index (χ2v) is 9.34. The van der Waals surface area contributed by atoms with Crippen LogP contribution in [0, 0.1) is 5.92 Å². The van der Waals surface area contributed by atoms with E-state index in [1.165, 1.54) is 37.7 Å². The molecule has 4 nitrogen and oxygen atoms in total. The monoisotopic (exact) mass is 412 g/mol. The molecular weight excluding hydrogens is 372 g/mol. The minimum absolute atomic E-state index is 0.267. The molecule has 1 aliphatic carbocycles. The van der Waals surface area contributed by atoms with Crippen molar-refractivity contribution < 1.29 is 9.59 Å². The van der Waals surface area contributed by atoms with Crippen LogP contribution >= 0.6 is 0 Å². The lowest BCUT2D eigenvalue weighted by molar-refractivity contribution is -0.133. The maximum Gasteiger partial charge on any atom is 0.227 e. The lowest BCUT2D eigenvalue weighted by Crippen LogP contribution is -2.46. The van der Waals surface area contributed by atoms with Crippen LogP contribution < -0.4 is 4.90 Å². The maximum atomic E-state index is 11.9. The zero-order valence-electron chi connectivity index (χ0n) is 19.4. The van der Waals surface area contributed by atoms with E-state index in [0.717, 1.165) is 37.3 Å². The Labute approximate surface area is 183 Å². The molecule has 0 aromatic heterocycles. The number of likely N-dealkylation sites (tertiary alicyclic amines) is 1. The molecule has 4 unspecified atom stereocenters. The van der Waals surface area contributed by atoms with Crippen LogP contribution in [0.5, 0.6) is 0 Å². The van der Waals surface area contributed by atoms with Crippen molar-refractivity contribution in [3.05, 3.63) is 29.8 Å². The topological polar surface area (TPSA) is 40.6 Å². The number of rotatable bonds is 4. The highest BCUT2D eigenvalue weighted by molar-refractivity contribution is 5.96. The molecule has 0 bridgehead atoms. The second kappa shape index (κ2) is 10.5. The van der Waals surface area contributed by atoms with Gasteiger partial charge in [0.2, 0.25) is 11.8 Å². The average molecular weight is 413 g/mol. The van der Waals surface area contributed by atoms with Gasteiger partial charge in [-0.2, -0.15) is 0 Å². The van der Waals surface area contributed by atoms with Crippen molar-refractivity contribution in [3.63, 3.8) is 0 Å². The molecule has 4 heteroatoms. The average Bonchev–Trinajstić information content (AvgIpc) is 3.28. The van der Waals surface area contributed by atoms with Crippen LogP contribution in [0.25, 0.3) is 0 Å². The molecule has 0 spiro atoms. The number of anilines is 1. The molecule has 3 aliphatic rings. The van der Waals surface area contributed by atoms with Crippen LogP contribution in [0.1, 0.15) is 91.0 Å². The zero-order chi connectivity index (χ0) is 21.7. The molecule has 1 aromatic rings. The molecule has 0 radical (unpaired) electrons. The van der Waals surface area contributed by atoms with Gasteiger partial charge >= 0.3 is 0 Å². The summed E-state index contributed by atoms with van der Waals surface area (Å²) in [5.74, 6) is 1.44. The summed E-state index contributed by atoms with van der Waals surface area (Å²) in [5, 5.41) is 0. The molecule has 3 fully saturated rings. The van der Waals surface area contributed by atoms with E-state index in [0.29, 0.717) is 30.5 Å². The van der Waals surface area contributed by atoms with Gasteiger partial charge in [-0.1, -0.05) is 51.3 Å². The zero-order valence-corrected chi connectivity index (χ0v) is 19.4. The first-order valence-electron chi connectivity index (χ1n) is 12.2. The van der Waals surface area contributed by atoms with E-state index >= 15 is 0 Å². The van der Waals surface area contributed by atoms with Crippen molar-refractivity contribution in [1.82, 2.24) is 4.90 Å². The van der Waals surface area contributed by atoms with Gasteiger partial charge in [0.25, 0.3) is 0 Å². The molecular formula is C26H40N2O2. The second-order valence-electron chi connectivity index (χ2n) is 9.34. The Morgan fingerprint density at radius 2 is 1.53 bits per heavy atom. The minimum atomic E-state index is 0.267. The number of hydrogen-bond acceptors (Lipinski definition) is 2. The van der Waals surface area contributed by atoms with E-state index in [2.05, 4.69) is 44.7 Å². The van der Waals surface area contributed by atoms with Crippen molar-refractivity contribution in [1.29, 1.82) is 0 Å². The van der Waals surface area contributed by atoms with Crippen molar-refractivity contribution in [3.8, 4) is 0 Å². The number of carbonyl (C=O) groups is 2. The van der Waals surface area contributed by atoms with Crippen LogP contribution in [-0.4, -0.2) is 34.8 Å². The van der Waals surface area contributed by atoms with Crippen LogP contribution in [0.3, 0.4) is 0 Å². The van der Waals surface area contributed by atoms with Crippen molar-refractivity contribution >= 4 is 17.5 Å². The fourth-order valence-electron chi connectivity index (χ4n) is 5.63. The van der Waals surface area contributed by atoms with Crippen molar-refractivity contribution in [2.75, 3.05) is 4.90 Å². The van der Waals surface area contributed by atoms with Gasteiger partial charge in [0.05, 0.1) is 0 Å². The number of amides is 2. The number of aryl methyl sites for hydroxylation is 1. The summed E-state index contributed by atoms with van der Waals surface area (Å²) in [4.78, 5) is 27.8. The summed E-state index contributed by atoms with van der Waals surface area (Å²) in [5.41, 5.74) is 2.37. The van der Waals surface area contributed by atoms with Crippen molar-refractivity contribution in [2.45, 2.75) is 110 Å². The Balaban J connectivity index is 0.000000171. The standard InChI is InChI=1S/C13H23NO.C13H17NO/c2*1-3-11-6-4-5-7-12(11)14-10(2)8-9-13(14)15/h10-12H,3-9H2,1-2H3;4-7,10H,3,8-9H2,1-2H3. The van der Waals surface area contributed by atoms with E-state index in [9.17, 15) is 9.59 Å². The van der Waals surface area contributed by atoms with Gasteiger partial charge < -0.3 is 9.80 Å². The van der Waals surface area contributed by atoms with Gasteiger partial charge in [-0.05, 0) is 63.5 Å². The van der Waals surface area contributed by atoms with Gasteiger partial charge in [0.1, 0.15) is 0 Å². The SMILES string of the molecule is CCC1CCCCC1N1C(=O)CCC1C.CCc1ccccc1N1C(=O)CCC1C. The van der Waals surface area contributed by atoms with Gasteiger partial charge in [-0.25, -0.2) is 0 Å². The summed E-state index contributed by atoms with van der Waals surface area (Å²) in [6.07, 6.45) is 11.0. The highest BCUT2D eigenvalue weighted by atomic mass is 16.2. The third-order valence-electron chi connectivity index (χ3n) is 7.41. The van der Waals surface area contributed by atoms with Crippen LogP contribution in [0.4, 0.5) is 5.69 Å². The Kier molecular flexibility index (Phi) is 7.96. The summed E-state index contributed by atoms with van der Waals surface area (Å²) in [6, 6.07) is 9.61. The molecule has 2 amide bonds. The highest BCUT2D eigenvalue weighted by Gasteiger charge is 2.37. The first-order chi connectivity index (χ1) is 14.5. The molecule has 2 saturated heterocycles. The lowest BCUT2D eigenvalue weighted by atomic mass is 9.81. The Morgan fingerprint density at radius 3 is 2.13 bits per heavy atom. The normalized spacial score (nSPS) is 29.2. The number of para-hydroxylation sites is 1. The molecule has 4 atom stereocenters. The van der Waals surface area contributed by atoms with Gasteiger partial charge in [-0.15, -0.1) is 0 Å². The maximum absolute atomic E-state index is 11.9. The largest absolute Gasteiger partial charge is 0.337 e. The minimum Gasteiger partial charge on any atom is -0.337 e. The van der Waals surface area contributed by atoms with Crippen molar-refractivity contribution in [2.24, 2.45) is 5.92 Å². The first-order valence-corrected chi connectivity index (χ1v) is 12.2. The molecule has 166 valence electrons. The molecule has 1 aromatic carbocycles.